The first-order valence-corrected chi connectivity index (χ1v) is 8.03. The SMILES string of the molecule is CSC1CCCCN(c2ccc3nnc(C)n3n2)C1. The van der Waals surface area contributed by atoms with Crippen LogP contribution in [0, 0.1) is 6.92 Å². The zero-order valence-electron chi connectivity index (χ0n) is 11.4. The van der Waals surface area contributed by atoms with E-state index < -0.39 is 0 Å². The molecule has 6 heteroatoms. The van der Waals surface area contributed by atoms with E-state index in [0.29, 0.717) is 5.25 Å². The minimum Gasteiger partial charge on any atom is -0.354 e. The van der Waals surface area contributed by atoms with E-state index in [1.807, 2.05) is 29.3 Å². The highest BCUT2D eigenvalue weighted by atomic mass is 32.2. The predicted octanol–water partition coefficient (Wildman–Crippen LogP) is 2.15. The van der Waals surface area contributed by atoms with Crippen molar-refractivity contribution in [2.24, 2.45) is 0 Å². The lowest BCUT2D eigenvalue weighted by Gasteiger charge is -2.24. The second-order valence-corrected chi connectivity index (χ2v) is 6.15. The lowest BCUT2D eigenvalue weighted by molar-refractivity contribution is 0.735. The first-order valence-electron chi connectivity index (χ1n) is 6.75. The number of rotatable bonds is 2. The Hall–Kier alpha value is -1.30. The maximum absolute atomic E-state index is 4.68. The molecule has 19 heavy (non-hydrogen) atoms. The van der Waals surface area contributed by atoms with E-state index in [9.17, 15) is 0 Å². The minimum atomic E-state index is 0.710. The Kier molecular flexibility index (Phi) is 3.59. The van der Waals surface area contributed by atoms with E-state index in [-0.39, 0.29) is 0 Å². The van der Waals surface area contributed by atoms with Crippen molar-refractivity contribution in [3.05, 3.63) is 18.0 Å². The Morgan fingerprint density at radius 3 is 3.00 bits per heavy atom. The fourth-order valence-corrected chi connectivity index (χ4v) is 3.29. The van der Waals surface area contributed by atoms with E-state index in [1.54, 1.807) is 0 Å². The molecular formula is C13H19N5S. The number of hydrogen-bond acceptors (Lipinski definition) is 5. The molecular weight excluding hydrogens is 258 g/mol. The van der Waals surface area contributed by atoms with Gasteiger partial charge in [-0.15, -0.1) is 15.3 Å². The molecule has 1 aliphatic heterocycles. The monoisotopic (exact) mass is 277 g/mol. The normalized spacial score (nSPS) is 20.7. The molecule has 0 aromatic carbocycles. The van der Waals surface area contributed by atoms with Crippen LogP contribution in [-0.4, -0.2) is 44.4 Å². The molecule has 0 aliphatic carbocycles. The number of thioether (sulfide) groups is 1. The highest BCUT2D eigenvalue weighted by molar-refractivity contribution is 7.99. The first kappa shape index (κ1) is 12.7. The summed E-state index contributed by atoms with van der Waals surface area (Å²) in [4.78, 5) is 2.40. The fourth-order valence-electron chi connectivity index (χ4n) is 2.56. The van der Waals surface area contributed by atoms with Crippen molar-refractivity contribution >= 4 is 23.2 Å². The number of nitrogens with zero attached hydrogens (tertiary/aromatic N) is 5. The van der Waals surface area contributed by atoms with Crippen LogP contribution in [0.5, 0.6) is 0 Å². The zero-order chi connectivity index (χ0) is 13.2. The molecule has 1 fully saturated rings. The minimum absolute atomic E-state index is 0.710. The van der Waals surface area contributed by atoms with Gasteiger partial charge in [0.25, 0.3) is 0 Å². The van der Waals surface area contributed by atoms with Crippen molar-refractivity contribution < 1.29 is 0 Å². The van der Waals surface area contributed by atoms with Gasteiger partial charge in [-0.3, -0.25) is 0 Å². The maximum atomic E-state index is 4.68. The van der Waals surface area contributed by atoms with E-state index >= 15 is 0 Å². The summed E-state index contributed by atoms with van der Waals surface area (Å²) < 4.78 is 1.83. The van der Waals surface area contributed by atoms with E-state index in [4.69, 9.17) is 0 Å². The number of aromatic nitrogens is 4. The van der Waals surface area contributed by atoms with E-state index in [1.165, 1.54) is 19.3 Å². The fraction of sp³-hybridized carbons (Fsp3) is 0.615. The van der Waals surface area contributed by atoms with Crippen LogP contribution in [0.2, 0.25) is 0 Å². The number of hydrogen-bond donors (Lipinski definition) is 0. The van der Waals surface area contributed by atoms with Crippen molar-refractivity contribution in [3.8, 4) is 0 Å². The molecule has 2 aromatic heterocycles. The maximum Gasteiger partial charge on any atom is 0.178 e. The molecule has 0 bridgehead atoms. The van der Waals surface area contributed by atoms with E-state index in [0.717, 1.165) is 30.4 Å². The van der Waals surface area contributed by atoms with Crippen LogP contribution in [0.25, 0.3) is 5.65 Å². The number of anilines is 1. The molecule has 3 heterocycles. The molecule has 0 saturated carbocycles. The van der Waals surface area contributed by atoms with Gasteiger partial charge in [0.1, 0.15) is 5.82 Å². The van der Waals surface area contributed by atoms with Crippen molar-refractivity contribution in [1.82, 2.24) is 19.8 Å². The summed E-state index contributed by atoms with van der Waals surface area (Å²) in [5.74, 6) is 1.88. The predicted molar refractivity (Wildman–Crippen MR) is 78.9 cm³/mol. The molecule has 1 aliphatic rings. The third-order valence-electron chi connectivity index (χ3n) is 3.69. The Morgan fingerprint density at radius 1 is 1.26 bits per heavy atom. The van der Waals surface area contributed by atoms with Crippen LogP contribution in [0.3, 0.4) is 0 Å². The average Bonchev–Trinajstić information content (AvgIpc) is 2.67. The Morgan fingerprint density at radius 2 is 2.16 bits per heavy atom. The first-order chi connectivity index (χ1) is 9.28. The molecule has 0 amide bonds. The lowest BCUT2D eigenvalue weighted by Crippen LogP contribution is -2.30. The van der Waals surface area contributed by atoms with Gasteiger partial charge in [0.2, 0.25) is 0 Å². The van der Waals surface area contributed by atoms with Crippen LogP contribution < -0.4 is 4.90 Å². The van der Waals surface area contributed by atoms with Crippen LogP contribution >= 0.6 is 11.8 Å². The summed E-state index contributed by atoms with van der Waals surface area (Å²) in [5.41, 5.74) is 0.817. The third kappa shape index (κ3) is 2.54. The molecule has 3 rings (SSSR count). The lowest BCUT2D eigenvalue weighted by atomic mass is 10.2. The van der Waals surface area contributed by atoms with Crippen LogP contribution in [-0.2, 0) is 0 Å². The van der Waals surface area contributed by atoms with Crippen LogP contribution in [0.15, 0.2) is 12.1 Å². The van der Waals surface area contributed by atoms with Crippen molar-refractivity contribution in [1.29, 1.82) is 0 Å². The van der Waals surface area contributed by atoms with Gasteiger partial charge >= 0.3 is 0 Å². The molecule has 0 N–H and O–H groups in total. The molecule has 0 spiro atoms. The van der Waals surface area contributed by atoms with E-state index in [2.05, 4.69) is 32.5 Å². The quantitative estimate of drug-likeness (QED) is 0.841. The summed E-state index contributed by atoms with van der Waals surface area (Å²) in [6, 6.07) is 4.06. The Labute approximate surface area is 117 Å². The molecule has 1 saturated heterocycles. The van der Waals surface area contributed by atoms with Gasteiger partial charge in [-0.2, -0.15) is 16.3 Å². The van der Waals surface area contributed by atoms with Crippen molar-refractivity contribution in [3.63, 3.8) is 0 Å². The summed E-state index contributed by atoms with van der Waals surface area (Å²) in [6.45, 7) is 4.11. The Balaban J connectivity index is 1.91. The van der Waals surface area contributed by atoms with Crippen LogP contribution in [0.4, 0.5) is 5.82 Å². The molecule has 1 atom stereocenters. The third-order valence-corrected chi connectivity index (χ3v) is 4.74. The largest absolute Gasteiger partial charge is 0.354 e. The number of fused-ring (bicyclic) bond motifs is 1. The summed E-state index contributed by atoms with van der Waals surface area (Å²) in [5, 5.41) is 13.5. The van der Waals surface area contributed by atoms with Gasteiger partial charge in [-0.05, 0) is 38.2 Å². The molecule has 0 radical (unpaired) electrons. The van der Waals surface area contributed by atoms with Gasteiger partial charge in [0.05, 0.1) is 0 Å². The second-order valence-electron chi connectivity index (χ2n) is 5.01. The number of aryl methyl sites for hydroxylation is 1. The molecule has 1 unspecified atom stereocenters. The Bertz CT molecular complexity index is 567. The summed E-state index contributed by atoms with van der Waals surface area (Å²) >= 11 is 1.96. The molecule has 2 aromatic rings. The standard InChI is InChI=1S/C13H19N5S/c1-10-14-15-12-6-7-13(16-18(10)12)17-8-4-3-5-11(9-17)19-2/h6-7,11H,3-5,8-9H2,1-2H3. The van der Waals surface area contributed by atoms with Gasteiger partial charge in [0, 0.05) is 18.3 Å². The summed E-state index contributed by atoms with van der Waals surface area (Å²) in [7, 11) is 0. The molecule has 102 valence electrons. The van der Waals surface area contributed by atoms with Crippen LogP contribution in [0.1, 0.15) is 25.1 Å². The second kappa shape index (κ2) is 5.36. The molecule has 5 nitrogen and oxygen atoms in total. The zero-order valence-corrected chi connectivity index (χ0v) is 12.2. The van der Waals surface area contributed by atoms with Gasteiger partial charge < -0.3 is 4.90 Å². The highest BCUT2D eigenvalue weighted by Crippen LogP contribution is 2.23. The van der Waals surface area contributed by atoms with Gasteiger partial charge in [-0.1, -0.05) is 6.42 Å². The highest BCUT2D eigenvalue weighted by Gasteiger charge is 2.19. The van der Waals surface area contributed by atoms with Gasteiger partial charge in [-0.25, -0.2) is 0 Å². The summed E-state index contributed by atoms with van der Waals surface area (Å²) in [6.07, 6.45) is 6.08. The van der Waals surface area contributed by atoms with Gasteiger partial charge in [0.15, 0.2) is 11.5 Å². The smallest absolute Gasteiger partial charge is 0.178 e. The average molecular weight is 277 g/mol. The van der Waals surface area contributed by atoms with Crippen molar-refractivity contribution in [2.75, 3.05) is 24.2 Å². The topological polar surface area (TPSA) is 46.3 Å². The van der Waals surface area contributed by atoms with Crippen molar-refractivity contribution in [2.45, 2.75) is 31.4 Å².